The van der Waals surface area contributed by atoms with Gasteiger partial charge in [0.25, 0.3) is 0 Å². The van der Waals surface area contributed by atoms with Crippen molar-refractivity contribution in [1.29, 1.82) is 0 Å². The molecule has 1 N–H and O–H groups in total. The van der Waals surface area contributed by atoms with Gasteiger partial charge < -0.3 is 24.6 Å². The summed E-state index contributed by atoms with van der Waals surface area (Å²) in [4.78, 5) is 9.23. The van der Waals surface area contributed by atoms with Crippen molar-refractivity contribution < 1.29 is 9.47 Å². The first-order valence-electron chi connectivity index (χ1n) is 10.3. The second-order valence-electron chi connectivity index (χ2n) is 7.05. The normalized spacial score (nSPS) is 14.3. The number of methoxy groups -OCH3 is 1. The van der Waals surface area contributed by atoms with Gasteiger partial charge in [-0.25, -0.2) is 0 Å². The lowest BCUT2D eigenvalue weighted by atomic mass is 10.2. The highest BCUT2D eigenvalue weighted by Crippen LogP contribution is 2.16. The van der Waals surface area contributed by atoms with Crippen molar-refractivity contribution in [2.75, 3.05) is 58.5 Å². The number of hydrogen-bond acceptors (Lipinski definition) is 4. The van der Waals surface area contributed by atoms with Crippen LogP contribution in [0.5, 0.6) is 5.75 Å². The molecular weight excluding hydrogens is 491 g/mol. The third kappa shape index (κ3) is 7.36. The summed E-state index contributed by atoms with van der Waals surface area (Å²) >= 11 is 0. The van der Waals surface area contributed by atoms with E-state index in [1.54, 1.807) is 7.11 Å². The van der Waals surface area contributed by atoms with Gasteiger partial charge in [0.05, 0.1) is 6.61 Å². The molecule has 164 valence electrons. The second-order valence-corrected chi connectivity index (χ2v) is 7.05. The van der Waals surface area contributed by atoms with Crippen molar-refractivity contribution in [2.45, 2.75) is 13.0 Å². The molecule has 6 nitrogen and oxygen atoms in total. The standard InChI is InChI=1S/C23H32N4O2.HI/c1-24-23(27-14-12-26(13-15-27)21-9-4-3-5-10-21)25-19-20-8-6-11-22(18-20)29-17-7-16-28-2;/h3-6,8-11,18H,7,12-17,19H2,1-2H3,(H,24,25);1H. The number of hydrogen-bond donors (Lipinski definition) is 1. The first-order valence-corrected chi connectivity index (χ1v) is 10.3. The van der Waals surface area contributed by atoms with E-state index in [9.17, 15) is 0 Å². The molecule has 1 aliphatic rings. The van der Waals surface area contributed by atoms with E-state index in [4.69, 9.17) is 9.47 Å². The van der Waals surface area contributed by atoms with Crippen molar-refractivity contribution in [1.82, 2.24) is 10.2 Å². The van der Waals surface area contributed by atoms with Gasteiger partial charge in [-0.05, 0) is 29.8 Å². The van der Waals surface area contributed by atoms with E-state index in [0.717, 1.165) is 57.5 Å². The third-order valence-corrected chi connectivity index (χ3v) is 5.02. The molecule has 1 heterocycles. The van der Waals surface area contributed by atoms with Crippen molar-refractivity contribution in [3.63, 3.8) is 0 Å². The summed E-state index contributed by atoms with van der Waals surface area (Å²) in [7, 11) is 3.56. The van der Waals surface area contributed by atoms with Gasteiger partial charge in [-0.1, -0.05) is 30.3 Å². The fraction of sp³-hybridized carbons (Fsp3) is 0.435. The van der Waals surface area contributed by atoms with Crippen LogP contribution in [-0.4, -0.2) is 64.4 Å². The highest BCUT2D eigenvalue weighted by atomic mass is 127. The van der Waals surface area contributed by atoms with Crippen molar-refractivity contribution in [3.8, 4) is 5.75 Å². The number of halogens is 1. The molecule has 0 spiro atoms. The number of para-hydroxylation sites is 1. The monoisotopic (exact) mass is 524 g/mol. The predicted molar refractivity (Wildman–Crippen MR) is 134 cm³/mol. The van der Waals surface area contributed by atoms with Crippen LogP contribution in [0.3, 0.4) is 0 Å². The molecule has 2 aromatic rings. The Kier molecular flexibility index (Phi) is 10.8. The van der Waals surface area contributed by atoms with Crippen LogP contribution in [0.2, 0.25) is 0 Å². The molecule has 0 amide bonds. The molecule has 7 heteroatoms. The van der Waals surface area contributed by atoms with Gasteiger partial charge in [-0.15, -0.1) is 24.0 Å². The van der Waals surface area contributed by atoms with Crippen molar-refractivity contribution in [2.24, 2.45) is 4.99 Å². The molecule has 0 bridgehead atoms. The molecule has 1 saturated heterocycles. The first kappa shape index (κ1) is 24.3. The minimum Gasteiger partial charge on any atom is -0.493 e. The van der Waals surface area contributed by atoms with Crippen LogP contribution in [-0.2, 0) is 11.3 Å². The SMILES string of the molecule is CN=C(NCc1cccc(OCCCOC)c1)N1CCN(c2ccccc2)CC1.I. The van der Waals surface area contributed by atoms with Gasteiger partial charge in [0, 0.05) is 65.6 Å². The van der Waals surface area contributed by atoms with Crippen LogP contribution in [0.15, 0.2) is 59.6 Å². The lowest BCUT2D eigenvalue weighted by Gasteiger charge is -2.37. The van der Waals surface area contributed by atoms with E-state index in [2.05, 4.69) is 62.6 Å². The highest BCUT2D eigenvalue weighted by Gasteiger charge is 2.19. The molecule has 1 fully saturated rings. The van der Waals surface area contributed by atoms with Gasteiger partial charge in [0.1, 0.15) is 5.75 Å². The van der Waals surface area contributed by atoms with Crippen LogP contribution < -0.4 is 15.0 Å². The predicted octanol–water partition coefficient (Wildman–Crippen LogP) is 3.62. The maximum absolute atomic E-state index is 5.80. The summed E-state index contributed by atoms with van der Waals surface area (Å²) < 4.78 is 10.9. The number of ether oxygens (including phenoxy) is 2. The van der Waals surface area contributed by atoms with Crippen molar-refractivity contribution in [3.05, 3.63) is 60.2 Å². The first-order chi connectivity index (χ1) is 14.3. The van der Waals surface area contributed by atoms with Crippen LogP contribution in [0.4, 0.5) is 5.69 Å². The van der Waals surface area contributed by atoms with E-state index < -0.39 is 0 Å². The van der Waals surface area contributed by atoms with Crippen LogP contribution in [0.25, 0.3) is 0 Å². The summed E-state index contributed by atoms with van der Waals surface area (Å²) in [6.45, 7) is 6.01. The summed E-state index contributed by atoms with van der Waals surface area (Å²) in [5.41, 5.74) is 2.47. The number of guanidine groups is 1. The summed E-state index contributed by atoms with van der Waals surface area (Å²) in [6, 6.07) is 18.8. The Morgan fingerprint density at radius 3 is 2.47 bits per heavy atom. The Morgan fingerprint density at radius 1 is 1.00 bits per heavy atom. The Balaban J connectivity index is 0.00000320. The maximum atomic E-state index is 5.80. The molecule has 1 aliphatic heterocycles. The summed E-state index contributed by atoms with van der Waals surface area (Å²) in [5, 5.41) is 3.50. The summed E-state index contributed by atoms with van der Waals surface area (Å²) in [6.07, 6.45) is 0.889. The Hall–Kier alpha value is -2.00. The number of anilines is 1. The quantitative estimate of drug-likeness (QED) is 0.248. The zero-order valence-electron chi connectivity index (χ0n) is 17.9. The van der Waals surface area contributed by atoms with Gasteiger partial charge in [0.15, 0.2) is 5.96 Å². The van der Waals surface area contributed by atoms with Gasteiger partial charge >= 0.3 is 0 Å². The molecule has 0 atom stereocenters. The third-order valence-electron chi connectivity index (χ3n) is 5.02. The molecule has 0 aliphatic carbocycles. The number of aliphatic imine (C=N–C) groups is 1. The van der Waals surface area contributed by atoms with Crippen molar-refractivity contribution >= 4 is 35.6 Å². The molecule has 0 saturated carbocycles. The van der Waals surface area contributed by atoms with Gasteiger partial charge in [0.2, 0.25) is 0 Å². The van der Waals surface area contributed by atoms with E-state index in [-0.39, 0.29) is 24.0 Å². The number of nitrogens with zero attached hydrogens (tertiary/aromatic N) is 3. The lowest BCUT2D eigenvalue weighted by Crippen LogP contribution is -2.52. The van der Waals surface area contributed by atoms with E-state index in [1.165, 1.54) is 11.3 Å². The van der Waals surface area contributed by atoms with Gasteiger partial charge in [-0.2, -0.15) is 0 Å². The van der Waals surface area contributed by atoms with E-state index in [0.29, 0.717) is 6.61 Å². The smallest absolute Gasteiger partial charge is 0.194 e. The largest absolute Gasteiger partial charge is 0.493 e. The molecule has 0 radical (unpaired) electrons. The van der Waals surface area contributed by atoms with Crippen LogP contribution >= 0.6 is 24.0 Å². The van der Waals surface area contributed by atoms with Crippen LogP contribution in [0, 0.1) is 0 Å². The van der Waals surface area contributed by atoms with Gasteiger partial charge in [-0.3, -0.25) is 4.99 Å². The molecular formula is C23H33IN4O2. The Bertz CT molecular complexity index is 765. The van der Waals surface area contributed by atoms with E-state index in [1.807, 2.05) is 19.2 Å². The zero-order chi connectivity index (χ0) is 20.3. The highest BCUT2D eigenvalue weighted by molar-refractivity contribution is 14.0. The second kappa shape index (κ2) is 13.3. The molecule has 30 heavy (non-hydrogen) atoms. The number of rotatable bonds is 8. The topological polar surface area (TPSA) is 49.3 Å². The average Bonchev–Trinajstić information content (AvgIpc) is 2.78. The maximum Gasteiger partial charge on any atom is 0.194 e. The molecule has 0 aromatic heterocycles. The molecule has 3 rings (SSSR count). The average molecular weight is 524 g/mol. The molecule has 2 aromatic carbocycles. The molecule has 0 unspecified atom stereocenters. The fourth-order valence-electron chi connectivity index (χ4n) is 3.47. The summed E-state index contributed by atoms with van der Waals surface area (Å²) in [5.74, 6) is 1.84. The lowest BCUT2D eigenvalue weighted by molar-refractivity contribution is 0.172. The Labute approximate surface area is 197 Å². The van der Waals surface area contributed by atoms with E-state index >= 15 is 0 Å². The number of piperazine rings is 1. The fourth-order valence-corrected chi connectivity index (χ4v) is 3.47. The minimum atomic E-state index is 0. The number of nitrogens with one attached hydrogen (secondary N) is 1. The zero-order valence-corrected chi connectivity index (χ0v) is 20.2. The van der Waals surface area contributed by atoms with Crippen LogP contribution in [0.1, 0.15) is 12.0 Å². The number of benzene rings is 2. The minimum absolute atomic E-state index is 0. The Morgan fingerprint density at radius 2 is 1.77 bits per heavy atom.